The van der Waals surface area contributed by atoms with E-state index in [1.54, 1.807) is 12.1 Å². The number of benzene rings is 1. The highest BCUT2D eigenvalue weighted by Gasteiger charge is 2.18. The molecule has 0 amide bonds. The molecule has 0 saturated heterocycles. The molecule has 0 aliphatic heterocycles. The van der Waals surface area contributed by atoms with Crippen LogP contribution in [0.5, 0.6) is 0 Å². The summed E-state index contributed by atoms with van der Waals surface area (Å²) in [5.41, 5.74) is 0.921. The second-order valence-corrected chi connectivity index (χ2v) is 7.51. The van der Waals surface area contributed by atoms with Crippen LogP contribution in [0, 0.1) is 0 Å². The molecule has 4 heteroatoms. The summed E-state index contributed by atoms with van der Waals surface area (Å²) in [5.74, 6) is 0.225. The molecule has 0 radical (unpaired) electrons. The van der Waals surface area contributed by atoms with Crippen molar-refractivity contribution in [2.75, 3.05) is 5.75 Å². The van der Waals surface area contributed by atoms with E-state index in [0.29, 0.717) is 16.1 Å². The predicted molar refractivity (Wildman–Crippen MR) is 75.5 cm³/mol. The summed E-state index contributed by atoms with van der Waals surface area (Å²) < 4.78 is 24.2. The van der Waals surface area contributed by atoms with Crippen molar-refractivity contribution in [2.24, 2.45) is 0 Å². The molecule has 1 rings (SSSR count). The van der Waals surface area contributed by atoms with E-state index >= 15 is 0 Å². The molecule has 0 fully saturated rings. The van der Waals surface area contributed by atoms with Crippen LogP contribution < -0.4 is 0 Å². The Morgan fingerprint density at radius 3 is 2.47 bits per heavy atom. The quantitative estimate of drug-likeness (QED) is 0.751. The van der Waals surface area contributed by atoms with E-state index in [0.717, 1.165) is 18.4 Å². The van der Waals surface area contributed by atoms with Crippen LogP contribution >= 0.6 is 15.9 Å². The van der Waals surface area contributed by atoms with Gasteiger partial charge >= 0.3 is 0 Å². The van der Waals surface area contributed by atoms with Gasteiger partial charge in [0.2, 0.25) is 0 Å². The molecule has 96 valence electrons. The standard InChI is InChI=1S/C13H19BrO2S/c1-3-9-17(15,16)13-8-6-5-7-11(13)10-12(14)4-2/h5-8,12H,3-4,9-10H2,1-2H3. The lowest BCUT2D eigenvalue weighted by atomic mass is 10.1. The van der Waals surface area contributed by atoms with E-state index in [9.17, 15) is 8.42 Å². The van der Waals surface area contributed by atoms with Crippen LogP contribution in [-0.4, -0.2) is 19.0 Å². The number of hydrogen-bond acceptors (Lipinski definition) is 2. The molecule has 0 aromatic heterocycles. The van der Waals surface area contributed by atoms with Crippen LogP contribution in [0.1, 0.15) is 32.3 Å². The number of alkyl halides is 1. The Morgan fingerprint density at radius 2 is 1.88 bits per heavy atom. The zero-order valence-corrected chi connectivity index (χ0v) is 12.7. The molecule has 0 saturated carbocycles. The van der Waals surface area contributed by atoms with Gasteiger partial charge in [-0.3, -0.25) is 0 Å². The van der Waals surface area contributed by atoms with Gasteiger partial charge in [-0.05, 0) is 30.9 Å². The molecule has 2 nitrogen and oxygen atoms in total. The number of halogens is 1. The highest BCUT2D eigenvalue weighted by Crippen LogP contribution is 2.22. The molecule has 1 aromatic rings. The minimum Gasteiger partial charge on any atom is -0.224 e. The fourth-order valence-electron chi connectivity index (χ4n) is 1.74. The fourth-order valence-corrected chi connectivity index (χ4v) is 3.68. The molecular weight excluding hydrogens is 300 g/mol. The van der Waals surface area contributed by atoms with Gasteiger partial charge in [0.15, 0.2) is 9.84 Å². The maximum atomic E-state index is 12.1. The number of hydrogen-bond donors (Lipinski definition) is 0. The van der Waals surface area contributed by atoms with Crippen molar-refractivity contribution in [1.29, 1.82) is 0 Å². The Kier molecular flexibility index (Phi) is 5.67. The Bertz CT molecular complexity index is 454. The van der Waals surface area contributed by atoms with Crippen LogP contribution in [-0.2, 0) is 16.3 Å². The molecular formula is C13H19BrO2S. The molecule has 0 heterocycles. The first-order valence-electron chi connectivity index (χ1n) is 5.96. The SMILES string of the molecule is CCCS(=O)(=O)c1ccccc1CC(Br)CC. The van der Waals surface area contributed by atoms with Crippen molar-refractivity contribution in [1.82, 2.24) is 0 Å². The largest absolute Gasteiger partial charge is 0.224 e. The Balaban J connectivity index is 3.08. The predicted octanol–water partition coefficient (Wildman–Crippen LogP) is 3.59. The molecule has 0 bridgehead atoms. The van der Waals surface area contributed by atoms with Crippen LogP contribution in [0.15, 0.2) is 29.2 Å². The Labute approximate surface area is 112 Å². The third-order valence-electron chi connectivity index (χ3n) is 2.66. The van der Waals surface area contributed by atoms with Gasteiger partial charge in [-0.2, -0.15) is 0 Å². The van der Waals surface area contributed by atoms with Gasteiger partial charge in [0, 0.05) is 4.83 Å². The Morgan fingerprint density at radius 1 is 1.24 bits per heavy atom. The summed E-state index contributed by atoms with van der Waals surface area (Å²) in [6.45, 7) is 3.97. The summed E-state index contributed by atoms with van der Waals surface area (Å²) >= 11 is 3.56. The van der Waals surface area contributed by atoms with E-state index in [2.05, 4.69) is 22.9 Å². The van der Waals surface area contributed by atoms with E-state index in [1.807, 2.05) is 19.1 Å². The summed E-state index contributed by atoms with van der Waals surface area (Å²) in [6, 6.07) is 7.32. The van der Waals surface area contributed by atoms with Crippen LogP contribution in [0.3, 0.4) is 0 Å². The van der Waals surface area contributed by atoms with Crippen LogP contribution in [0.2, 0.25) is 0 Å². The van der Waals surface area contributed by atoms with E-state index in [-0.39, 0.29) is 5.75 Å². The minimum atomic E-state index is -3.12. The summed E-state index contributed by atoms with van der Waals surface area (Å²) in [7, 11) is -3.12. The molecule has 1 aromatic carbocycles. The average Bonchev–Trinajstić information content (AvgIpc) is 2.29. The highest BCUT2D eigenvalue weighted by atomic mass is 79.9. The van der Waals surface area contributed by atoms with Crippen LogP contribution in [0.4, 0.5) is 0 Å². The average molecular weight is 319 g/mol. The summed E-state index contributed by atoms with van der Waals surface area (Å²) in [5, 5.41) is 0. The monoisotopic (exact) mass is 318 g/mol. The van der Waals surface area contributed by atoms with E-state index in [1.165, 1.54) is 0 Å². The fraction of sp³-hybridized carbons (Fsp3) is 0.538. The number of sulfone groups is 1. The summed E-state index contributed by atoms with van der Waals surface area (Å²) in [4.78, 5) is 0.834. The second-order valence-electron chi connectivity index (χ2n) is 4.14. The number of rotatable bonds is 6. The molecule has 1 atom stereocenters. The van der Waals surface area contributed by atoms with Crippen molar-refractivity contribution >= 4 is 25.8 Å². The first-order chi connectivity index (χ1) is 8.01. The van der Waals surface area contributed by atoms with Crippen molar-refractivity contribution in [3.05, 3.63) is 29.8 Å². The van der Waals surface area contributed by atoms with Crippen molar-refractivity contribution in [3.8, 4) is 0 Å². The van der Waals surface area contributed by atoms with Gasteiger partial charge in [-0.1, -0.05) is 48.0 Å². The molecule has 0 aliphatic rings. The zero-order valence-electron chi connectivity index (χ0n) is 10.3. The van der Waals surface area contributed by atoms with Crippen LogP contribution in [0.25, 0.3) is 0 Å². The zero-order chi connectivity index (χ0) is 12.9. The van der Waals surface area contributed by atoms with Crippen molar-refractivity contribution in [3.63, 3.8) is 0 Å². The molecule has 17 heavy (non-hydrogen) atoms. The maximum absolute atomic E-state index is 12.1. The first kappa shape index (κ1) is 14.7. The van der Waals surface area contributed by atoms with Gasteiger partial charge in [0.1, 0.15) is 0 Å². The highest BCUT2D eigenvalue weighted by molar-refractivity contribution is 9.09. The Hall–Kier alpha value is -0.350. The first-order valence-corrected chi connectivity index (χ1v) is 8.52. The van der Waals surface area contributed by atoms with Gasteiger partial charge in [-0.25, -0.2) is 8.42 Å². The molecule has 1 unspecified atom stereocenters. The lowest BCUT2D eigenvalue weighted by Gasteiger charge is -2.12. The molecule has 0 aliphatic carbocycles. The van der Waals surface area contributed by atoms with E-state index < -0.39 is 9.84 Å². The van der Waals surface area contributed by atoms with Gasteiger partial charge in [0.05, 0.1) is 10.6 Å². The van der Waals surface area contributed by atoms with Crippen molar-refractivity contribution < 1.29 is 8.42 Å². The maximum Gasteiger partial charge on any atom is 0.178 e. The minimum absolute atomic E-state index is 0.225. The molecule has 0 spiro atoms. The van der Waals surface area contributed by atoms with E-state index in [4.69, 9.17) is 0 Å². The lowest BCUT2D eigenvalue weighted by molar-refractivity contribution is 0.593. The van der Waals surface area contributed by atoms with Gasteiger partial charge in [0.25, 0.3) is 0 Å². The third-order valence-corrected chi connectivity index (χ3v) is 5.65. The third kappa shape index (κ3) is 4.11. The van der Waals surface area contributed by atoms with Gasteiger partial charge in [-0.15, -0.1) is 0 Å². The van der Waals surface area contributed by atoms with Crippen molar-refractivity contribution in [2.45, 2.75) is 42.8 Å². The normalized spacial score (nSPS) is 13.6. The second kappa shape index (κ2) is 6.55. The summed E-state index contributed by atoms with van der Waals surface area (Å²) in [6.07, 6.45) is 2.40. The van der Waals surface area contributed by atoms with Gasteiger partial charge < -0.3 is 0 Å². The molecule has 0 N–H and O–H groups in total. The smallest absolute Gasteiger partial charge is 0.178 e. The lowest BCUT2D eigenvalue weighted by Crippen LogP contribution is -2.11. The topological polar surface area (TPSA) is 34.1 Å².